The Bertz CT molecular complexity index is 1380. The molecule has 0 unspecified atom stereocenters. The van der Waals surface area contributed by atoms with Gasteiger partial charge in [-0.25, -0.2) is 4.98 Å². The Hall–Kier alpha value is -3.74. The first-order valence-electron chi connectivity index (χ1n) is 12.1. The minimum Gasteiger partial charge on any atom is -0.336 e. The molecule has 0 atom stereocenters. The van der Waals surface area contributed by atoms with Crippen molar-refractivity contribution in [2.24, 2.45) is 0 Å². The standard InChI is InChI=1S/C28H32N6O/c1-19-6-7-22(18-20(19)2)25(35)32-14-16-33(17-15-32)27-30-26-29-13-12-24(34(26)31-27)21-8-10-23(11-9-21)28(3,4)5/h6-13,18H,14-17H2,1-5H3. The Morgan fingerprint density at radius 1 is 0.886 bits per heavy atom. The number of rotatable bonds is 3. The van der Waals surface area contributed by atoms with Crippen LogP contribution in [0.5, 0.6) is 0 Å². The monoisotopic (exact) mass is 468 g/mol. The molecule has 180 valence electrons. The number of hydrogen-bond donors (Lipinski definition) is 0. The Balaban J connectivity index is 1.33. The summed E-state index contributed by atoms with van der Waals surface area (Å²) in [5.74, 6) is 1.30. The van der Waals surface area contributed by atoms with Crippen molar-refractivity contribution in [1.82, 2.24) is 24.5 Å². The zero-order valence-electron chi connectivity index (χ0n) is 21.1. The molecule has 0 bridgehead atoms. The number of aryl methyl sites for hydroxylation is 2. The molecule has 1 saturated heterocycles. The number of carbonyl (C=O) groups excluding carboxylic acids is 1. The number of hydrogen-bond acceptors (Lipinski definition) is 5. The van der Waals surface area contributed by atoms with Crippen LogP contribution in [-0.2, 0) is 5.41 Å². The van der Waals surface area contributed by atoms with Gasteiger partial charge in [-0.1, -0.05) is 51.1 Å². The van der Waals surface area contributed by atoms with Gasteiger partial charge in [-0.3, -0.25) is 4.79 Å². The van der Waals surface area contributed by atoms with Gasteiger partial charge in [-0.15, -0.1) is 5.10 Å². The van der Waals surface area contributed by atoms with Crippen LogP contribution in [0.25, 0.3) is 17.0 Å². The van der Waals surface area contributed by atoms with E-state index in [2.05, 4.69) is 61.8 Å². The van der Waals surface area contributed by atoms with Gasteiger partial charge in [0, 0.05) is 43.5 Å². The van der Waals surface area contributed by atoms with Crippen molar-refractivity contribution in [2.45, 2.75) is 40.0 Å². The quantitative estimate of drug-likeness (QED) is 0.437. The lowest BCUT2D eigenvalue weighted by Crippen LogP contribution is -2.49. The molecule has 1 fully saturated rings. The molecule has 2 aromatic carbocycles. The van der Waals surface area contributed by atoms with Crippen molar-refractivity contribution in [3.05, 3.63) is 77.0 Å². The van der Waals surface area contributed by atoms with Gasteiger partial charge in [0.2, 0.25) is 5.95 Å². The van der Waals surface area contributed by atoms with Crippen LogP contribution in [0.1, 0.15) is 47.8 Å². The SMILES string of the molecule is Cc1ccc(C(=O)N2CCN(c3nc4nccc(-c5ccc(C(C)(C)C)cc5)n4n3)CC2)cc1C. The highest BCUT2D eigenvalue weighted by Gasteiger charge is 2.25. The fourth-order valence-electron chi connectivity index (χ4n) is 4.44. The first kappa shape index (κ1) is 23.0. The molecule has 0 spiro atoms. The third-order valence-corrected chi connectivity index (χ3v) is 6.88. The normalized spacial score (nSPS) is 14.5. The van der Waals surface area contributed by atoms with E-state index >= 15 is 0 Å². The molecule has 3 heterocycles. The van der Waals surface area contributed by atoms with Crippen LogP contribution < -0.4 is 4.90 Å². The van der Waals surface area contributed by atoms with Gasteiger partial charge in [-0.05, 0) is 54.2 Å². The molecule has 0 saturated carbocycles. The van der Waals surface area contributed by atoms with E-state index in [9.17, 15) is 4.79 Å². The molecular weight excluding hydrogens is 436 g/mol. The maximum Gasteiger partial charge on any atom is 0.254 e. The number of nitrogens with zero attached hydrogens (tertiary/aromatic N) is 6. The molecule has 1 amide bonds. The molecule has 0 aliphatic carbocycles. The topological polar surface area (TPSA) is 66.6 Å². The average Bonchev–Trinajstić information content (AvgIpc) is 3.29. The molecule has 5 rings (SSSR count). The van der Waals surface area contributed by atoms with Crippen LogP contribution in [-0.4, -0.2) is 56.6 Å². The van der Waals surface area contributed by atoms with Crippen molar-refractivity contribution >= 4 is 17.6 Å². The second-order valence-electron chi connectivity index (χ2n) is 10.4. The third kappa shape index (κ3) is 4.50. The third-order valence-electron chi connectivity index (χ3n) is 6.88. The molecule has 2 aromatic heterocycles. The second kappa shape index (κ2) is 8.80. The van der Waals surface area contributed by atoms with E-state index in [1.807, 2.05) is 40.6 Å². The maximum atomic E-state index is 13.0. The summed E-state index contributed by atoms with van der Waals surface area (Å²) in [7, 11) is 0. The van der Waals surface area contributed by atoms with Gasteiger partial charge in [0.25, 0.3) is 11.7 Å². The summed E-state index contributed by atoms with van der Waals surface area (Å²) >= 11 is 0. The minimum absolute atomic E-state index is 0.0818. The highest BCUT2D eigenvalue weighted by Crippen LogP contribution is 2.27. The van der Waals surface area contributed by atoms with E-state index in [0.29, 0.717) is 37.9 Å². The Kier molecular flexibility index (Phi) is 5.79. The van der Waals surface area contributed by atoms with Gasteiger partial charge in [0.1, 0.15) is 0 Å². The molecule has 35 heavy (non-hydrogen) atoms. The van der Waals surface area contributed by atoms with E-state index in [1.54, 1.807) is 6.20 Å². The van der Waals surface area contributed by atoms with Gasteiger partial charge in [-0.2, -0.15) is 9.50 Å². The average molecular weight is 469 g/mol. The van der Waals surface area contributed by atoms with Gasteiger partial charge in [0.15, 0.2) is 0 Å². The lowest BCUT2D eigenvalue weighted by atomic mass is 9.86. The van der Waals surface area contributed by atoms with Crippen LogP contribution in [0.2, 0.25) is 0 Å². The predicted octanol–water partition coefficient (Wildman–Crippen LogP) is 4.67. The fraction of sp³-hybridized carbons (Fsp3) is 0.357. The number of amides is 1. The van der Waals surface area contributed by atoms with Crippen molar-refractivity contribution < 1.29 is 4.79 Å². The predicted molar refractivity (Wildman–Crippen MR) is 139 cm³/mol. The summed E-state index contributed by atoms with van der Waals surface area (Å²) in [5.41, 5.74) is 6.51. The van der Waals surface area contributed by atoms with Gasteiger partial charge >= 0.3 is 0 Å². The van der Waals surface area contributed by atoms with E-state index in [-0.39, 0.29) is 11.3 Å². The summed E-state index contributed by atoms with van der Waals surface area (Å²) in [6, 6.07) is 16.5. The minimum atomic E-state index is 0.0818. The summed E-state index contributed by atoms with van der Waals surface area (Å²) in [4.78, 5) is 26.2. The zero-order chi connectivity index (χ0) is 24.7. The highest BCUT2D eigenvalue weighted by molar-refractivity contribution is 5.94. The lowest BCUT2D eigenvalue weighted by molar-refractivity contribution is 0.0746. The number of piperazine rings is 1. The molecule has 1 aliphatic heterocycles. The summed E-state index contributed by atoms with van der Waals surface area (Å²) in [6.07, 6.45) is 1.78. The number of benzene rings is 2. The molecule has 0 N–H and O–H groups in total. The van der Waals surface area contributed by atoms with Crippen LogP contribution >= 0.6 is 0 Å². The van der Waals surface area contributed by atoms with E-state index in [4.69, 9.17) is 10.1 Å². The van der Waals surface area contributed by atoms with Crippen molar-refractivity contribution in [1.29, 1.82) is 0 Å². The second-order valence-corrected chi connectivity index (χ2v) is 10.4. The molecule has 7 heteroatoms. The Morgan fingerprint density at radius 3 is 2.26 bits per heavy atom. The number of carbonyl (C=O) groups is 1. The summed E-state index contributed by atoms with van der Waals surface area (Å²) in [6.45, 7) is 13.4. The van der Waals surface area contributed by atoms with Crippen LogP contribution in [0, 0.1) is 13.8 Å². The first-order valence-corrected chi connectivity index (χ1v) is 12.1. The van der Waals surface area contributed by atoms with Crippen molar-refractivity contribution in [3.8, 4) is 11.3 Å². The van der Waals surface area contributed by atoms with Gasteiger partial charge < -0.3 is 9.80 Å². The van der Waals surface area contributed by atoms with E-state index in [1.165, 1.54) is 11.1 Å². The van der Waals surface area contributed by atoms with Crippen molar-refractivity contribution in [3.63, 3.8) is 0 Å². The molecular formula is C28H32N6O. The van der Waals surface area contributed by atoms with Crippen molar-refractivity contribution in [2.75, 3.05) is 31.1 Å². The van der Waals surface area contributed by atoms with Crippen LogP contribution in [0.3, 0.4) is 0 Å². The van der Waals surface area contributed by atoms with Crippen LogP contribution in [0.15, 0.2) is 54.7 Å². The number of anilines is 1. The summed E-state index contributed by atoms with van der Waals surface area (Å²) < 4.78 is 1.81. The van der Waals surface area contributed by atoms with E-state index in [0.717, 1.165) is 22.4 Å². The molecule has 1 aliphatic rings. The smallest absolute Gasteiger partial charge is 0.254 e. The Morgan fingerprint density at radius 2 is 1.60 bits per heavy atom. The fourth-order valence-corrected chi connectivity index (χ4v) is 4.44. The highest BCUT2D eigenvalue weighted by atomic mass is 16.2. The molecule has 7 nitrogen and oxygen atoms in total. The number of aromatic nitrogens is 4. The zero-order valence-corrected chi connectivity index (χ0v) is 21.1. The van der Waals surface area contributed by atoms with E-state index < -0.39 is 0 Å². The molecule has 0 radical (unpaired) electrons. The first-order chi connectivity index (χ1) is 16.7. The molecule has 4 aromatic rings. The largest absolute Gasteiger partial charge is 0.336 e. The van der Waals surface area contributed by atoms with Gasteiger partial charge in [0.05, 0.1) is 5.69 Å². The van der Waals surface area contributed by atoms with Crippen LogP contribution in [0.4, 0.5) is 5.95 Å². The number of fused-ring (bicyclic) bond motifs is 1. The lowest BCUT2D eigenvalue weighted by Gasteiger charge is -2.34. The summed E-state index contributed by atoms with van der Waals surface area (Å²) in [5, 5.41) is 4.80. The maximum absolute atomic E-state index is 13.0. The Labute approximate surface area is 206 Å².